The van der Waals surface area contributed by atoms with Crippen molar-refractivity contribution in [1.29, 1.82) is 0 Å². The third-order valence-electron chi connectivity index (χ3n) is 3.46. The van der Waals surface area contributed by atoms with Gasteiger partial charge in [0, 0.05) is 12.8 Å². The number of hydrogen-bond acceptors (Lipinski definition) is 4. The third kappa shape index (κ3) is 25.8. The molecular weight excluding hydrogens is 312 g/mol. The second-order valence-corrected chi connectivity index (χ2v) is 6.76. The van der Waals surface area contributed by atoms with Crippen molar-refractivity contribution in [3.05, 3.63) is 0 Å². The largest absolute Gasteiger partial charge is 0.481 e. The molecule has 0 saturated carbocycles. The van der Waals surface area contributed by atoms with Gasteiger partial charge in [-0.05, 0) is 38.5 Å². The zero-order chi connectivity index (χ0) is 19.0. The predicted octanol–water partition coefficient (Wildman–Crippen LogP) is 3.44. The number of carboxylic acid groups (broad SMARTS) is 2. The summed E-state index contributed by atoms with van der Waals surface area (Å²) in [4.78, 5) is 19.8. The lowest BCUT2D eigenvalue weighted by Gasteiger charge is -2.12. The number of carbonyl (C=O) groups is 2. The number of hydrogen-bond donors (Lipinski definition) is 4. The molecule has 0 aliphatic carbocycles. The highest BCUT2D eigenvalue weighted by Gasteiger charge is 2.07. The van der Waals surface area contributed by atoms with Crippen molar-refractivity contribution in [2.75, 3.05) is 0 Å². The van der Waals surface area contributed by atoms with Crippen LogP contribution in [0.25, 0.3) is 0 Å². The zero-order valence-corrected chi connectivity index (χ0v) is 15.4. The summed E-state index contributed by atoms with van der Waals surface area (Å²) in [6.07, 6.45) is 6.52. The second-order valence-electron chi connectivity index (χ2n) is 6.76. The molecular formula is C18H36O6. The normalized spacial score (nSPS) is 13.1. The van der Waals surface area contributed by atoms with Crippen LogP contribution in [0.4, 0.5) is 0 Å². The molecule has 0 spiro atoms. The molecule has 0 rings (SSSR count). The van der Waals surface area contributed by atoms with Gasteiger partial charge >= 0.3 is 11.9 Å². The summed E-state index contributed by atoms with van der Waals surface area (Å²) < 4.78 is 0. The number of unbranched alkanes of at least 4 members (excludes halogenated alkanes) is 3. The van der Waals surface area contributed by atoms with Crippen molar-refractivity contribution in [1.82, 2.24) is 0 Å². The second kappa shape index (κ2) is 16.7. The molecule has 0 aliphatic rings. The molecule has 24 heavy (non-hydrogen) atoms. The van der Waals surface area contributed by atoms with Crippen LogP contribution in [0.3, 0.4) is 0 Å². The van der Waals surface area contributed by atoms with Gasteiger partial charge in [-0.2, -0.15) is 0 Å². The fourth-order valence-electron chi connectivity index (χ4n) is 2.17. The summed E-state index contributed by atoms with van der Waals surface area (Å²) in [5, 5.41) is 34.8. The van der Waals surface area contributed by atoms with E-state index in [4.69, 9.17) is 15.3 Å². The van der Waals surface area contributed by atoms with Crippen LogP contribution in [0, 0.1) is 5.92 Å². The lowest BCUT2D eigenvalue weighted by atomic mass is 10.0. The van der Waals surface area contributed by atoms with Crippen LogP contribution < -0.4 is 0 Å². The Balaban J connectivity index is 0. The smallest absolute Gasteiger partial charge is 0.303 e. The summed E-state index contributed by atoms with van der Waals surface area (Å²) in [5.74, 6) is -0.951. The first-order valence-electron chi connectivity index (χ1n) is 8.94. The van der Waals surface area contributed by atoms with Crippen LogP contribution in [-0.4, -0.2) is 44.6 Å². The molecule has 0 radical (unpaired) electrons. The van der Waals surface area contributed by atoms with Crippen LogP contribution >= 0.6 is 0 Å². The van der Waals surface area contributed by atoms with Gasteiger partial charge in [0.25, 0.3) is 0 Å². The molecule has 0 amide bonds. The molecule has 0 aliphatic heterocycles. The maximum atomic E-state index is 9.90. The predicted molar refractivity (Wildman–Crippen MR) is 94.0 cm³/mol. The van der Waals surface area contributed by atoms with Crippen LogP contribution in [0.2, 0.25) is 0 Å². The molecule has 144 valence electrons. The van der Waals surface area contributed by atoms with E-state index < -0.39 is 11.9 Å². The Kier molecular flexibility index (Phi) is 17.5. The fraction of sp³-hybridized carbons (Fsp3) is 0.889. The van der Waals surface area contributed by atoms with Crippen LogP contribution in [0.1, 0.15) is 85.0 Å². The summed E-state index contributed by atoms with van der Waals surface area (Å²) in [7, 11) is 0. The number of carboxylic acids is 2. The number of aliphatic hydroxyl groups excluding tert-OH is 2. The summed E-state index contributed by atoms with van der Waals surface area (Å²) in [6.45, 7) is 6.20. The van der Waals surface area contributed by atoms with Crippen molar-refractivity contribution in [2.24, 2.45) is 5.92 Å². The SMILES string of the molecule is CC(C)CCCCCC(O)CC(C)O.O=C(O)CCCCC(=O)O. The standard InChI is InChI=1S/C12H26O2.C6H10O4/c1-10(2)7-5-4-6-8-12(14)9-11(3)13;7-5(8)3-1-2-4-6(9)10/h10-14H,4-9H2,1-3H3;1-4H2,(H,7,8)(H,9,10). The van der Waals surface area contributed by atoms with Gasteiger partial charge in [0.05, 0.1) is 12.2 Å². The molecule has 4 N–H and O–H groups in total. The lowest BCUT2D eigenvalue weighted by Crippen LogP contribution is -2.14. The number of aliphatic carboxylic acids is 2. The van der Waals surface area contributed by atoms with Crippen LogP contribution in [0.5, 0.6) is 0 Å². The molecule has 6 nitrogen and oxygen atoms in total. The molecule has 0 aromatic heterocycles. The molecule has 0 heterocycles. The molecule has 2 unspecified atom stereocenters. The molecule has 0 aromatic carbocycles. The minimum Gasteiger partial charge on any atom is -0.481 e. The van der Waals surface area contributed by atoms with Crippen LogP contribution in [0.15, 0.2) is 0 Å². The van der Waals surface area contributed by atoms with Crippen molar-refractivity contribution >= 4 is 11.9 Å². The minimum absolute atomic E-state index is 0.0628. The van der Waals surface area contributed by atoms with Gasteiger partial charge in [-0.15, -0.1) is 0 Å². The molecule has 6 heteroatoms. The average molecular weight is 348 g/mol. The molecule has 0 fully saturated rings. The zero-order valence-electron chi connectivity index (χ0n) is 15.4. The lowest BCUT2D eigenvalue weighted by molar-refractivity contribution is -0.139. The van der Waals surface area contributed by atoms with Crippen LogP contribution in [-0.2, 0) is 9.59 Å². The molecule has 0 aromatic rings. The quantitative estimate of drug-likeness (QED) is 0.379. The Labute approximate surface area is 145 Å². The van der Waals surface area contributed by atoms with E-state index in [-0.39, 0.29) is 25.0 Å². The van der Waals surface area contributed by atoms with E-state index in [1.54, 1.807) is 6.92 Å². The molecule has 2 atom stereocenters. The number of aliphatic hydroxyl groups is 2. The Morgan fingerprint density at radius 1 is 0.750 bits per heavy atom. The van der Waals surface area contributed by atoms with Crippen molar-refractivity contribution < 1.29 is 30.0 Å². The van der Waals surface area contributed by atoms with E-state index >= 15 is 0 Å². The Bertz CT molecular complexity index is 299. The van der Waals surface area contributed by atoms with E-state index in [9.17, 15) is 14.7 Å². The Morgan fingerprint density at radius 2 is 1.21 bits per heavy atom. The molecule has 0 bridgehead atoms. The highest BCUT2D eigenvalue weighted by Crippen LogP contribution is 2.12. The first kappa shape index (κ1) is 25.1. The third-order valence-corrected chi connectivity index (χ3v) is 3.46. The van der Waals surface area contributed by atoms with Gasteiger partial charge in [-0.25, -0.2) is 0 Å². The summed E-state index contributed by atoms with van der Waals surface area (Å²) >= 11 is 0. The first-order chi connectivity index (χ1) is 11.1. The van der Waals surface area contributed by atoms with E-state index in [1.807, 2.05) is 0 Å². The Morgan fingerprint density at radius 3 is 1.58 bits per heavy atom. The van der Waals surface area contributed by atoms with Crippen molar-refractivity contribution in [2.45, 2.75) is 97.2 Å². The highest BCUT2D eigenvalue weighted by atomic mass is 16.4. The number of rotatable bonds is 13. The fourth-order valence-corrected chi connectivity index (χ4v) is 2.17. The minimum atomic E-state index is -0.870. The van der Waals surface area contributed by atoms with Gasteiger partial charge < -0.3 is 20.4 Å². The van der Waals surface area contributed by atoms with E-state index in [0.717, 1.165) is 18.8 Å². The van der Waals surface area contributed by atoms with Gasteiger partial charge in [0.15, 0.2) is 0 Å². The van der Waals surface area contributed by atoms with Gasteiger partial charge in [-0.1, -0.05) is 39.5 Å². The highest BCUT2D eigenvalue weighted by molar-refractivity contribution is 5.67. The van der Waals surface area contributed by atoms with Gasteiger partial charge in [0.2, 0.25) is 0 Å². The first-order valence-corrected chi connectivity index (χ1v) is 8.94. The van der Waals surface area contributed by atoms with Gasteiger partial charge in [0.1, 0.15) is 0 Å². The monoisotopic (exact) mass is 348 g/mol. The van der Waals surface area contributed by atoms with Crippen molar-refractivity contribution in [3.8, 4) is 0 Å². The van der Waals surface area contributed by atoms with Gasteiger partial charge in [-0.3, -0.25) is 9.59 Å². The van der Waals surface area contributed by atoms with E-state index in [0.29, 0.717) is 19.3 Å². The van der Waals surface area contributed by atoms with E-state index in [2.05, 4.69) is 13.8 Å². The summed E-state index contributed by atoms with van der Waals surface area (Å²) in [5.41, 5.74) is 0. The Hall–Kier alpha value is -1.14. The maximum Gasteiger partial charge on any atom is 0.303 e. The summed E-state index contributed by atoms with van der Waals surface area (Å²) in [6, 6.07) is 0. The topological polar surface area (TPSA) is 115 Å². The molecule has 0 saturated heterocycles. The average Bonchev–Trinajstić information content (AvgIpc) is 2.42. The van der Waals surface area contributed by atoms with Crippen molar-refractivity contribution in [3.63, 3.8) is 0 Å². The maximum absolute atomic E-state index is 9.90. The van der Waals surface area contributed by atoms with E-state index in [1.165, 1.54) is 19.3 Å².